The van der Waals surface area contributed by atoms with Gasteiger partial charge in [0.25, 0.3) is 5.91 Å². The molecule has 0 bridgehead atoms. The van der Waals surface area contributed by atoms with Crippen molar-refractivity contribution in [3.8, 4) is 0 Å². The molecular weight excluding hydrogens is 274 g/mol. The van der Waals surface area contributed by atoms with E-state index in [-0.39, 0.29) is 5.91 Å². The van der Waals surface area contributed by atoms with Gasteiger partial charge in [-0.3, -0.25) is 9.69 Å². The normalized spacial score (nSPS) is 23.4. The number of hydrogen-bond acceptors (Lipinski definition) is 3. The maximum atomic E-state index is 12.5. The summed E-state index contributed by atoms with van der Waals surface area (Å²) in [4.78, 5) is 17.0. The summed E-state index contributed by atoms with van der Waals surface area (Å²) in [5.74, 6) is 0.0286. The van der Waals surface area contributed by atoms with Crippen LogP contribution in [0.3, 0.4) is 0 Å². The Morgan fingerprint density at radius 1 is 1.25 bits per heavy atom. The molecule has 2 fully saturated rings. The van der Waals surface area contributed by atoms with E-state index in [1.54, 1.807) is 18.2 Å². The summed E-state index contributed by atoms with van der Waals surface area (Å²) in [7, 11) is 0. The van der Waals surface area contributed by atoms with Crippen LogP contribution in [0, 0.1) is 0 Å². The third-order valence-corrected chi connectivity index (χ3v) is 4.59. The van der Waals surface area contributed by atoms with Crippen molar-refractivity contribution in [2.45, 2.75) is 25.3 Å². The summed E-state index contributed by atoms with van der Waals surface area (Å²) >= 11 is 5.88. The van der Waals surface area contributed by atoms with Crippen molar-refractivity contribution < 1.29 is 4.79 Å². The lowest BCUT2D eigenvalue weighted by Crippen LogP contribution is -2.37. The molecule has 0 spiro atoms. The third kappa shape index (κ3) is 2.63. The van der Waals surface area contributed by atoms with E-state index >= 15 is 0 Å². The van der Waals surface area contributed by atoms with Crippen LogP contribution in [-0.4, -0.2) is 47.9 Å². The number of anilines is 1. The SMILES string of the molecule is Nc1cc(Cl)ccc1C(=O)N1CCC(N2CCCC2)C1. The highest BCUT2D eigenvalue weighted by atomic mass is 35.5. The standard InChI is InChI=1S/C15H20ClN3O/c16-11-3-4-13(14(17)9-11)15(20)19-8-5-12(10-19)18-6-1-2-7-18/h3-4,9,12H,1-2,5-8,10,17H2. The molecule has 0 aliphatic carbocycles. The molecule has 0 saturated carbocycles. The Kier molecular flexibility index (Phi) is 3.85. The van der Waals surface area contributed by atoms with Gasteiger partial charge >= 0.3 is 0 Å². The number of halogens is 1. The minimum absolute atomic E-state index is 0.0286. The second kappa shape index (κ2) is 5.62. The second-order valence-electron chi connectivity index (χ2n) is 5.67. The number of nitrogens with zero attached hydrogens (tertiary/aromatic N) is 2. The zero-order chi connectivity index (χ0) is 14.1. The number of hydrogen-bond donors (Lipinski definition) is 1. The molecule has 0 radical (unpaired) electrons. The molecule has 3 rings (SSSR count). The van der Waals surface area contributed by atoms with Crippen LogP contribution < -0.4 is 5.73 Å². The van der Waals surface area contributed by atoms with Crippen LogP contribution in [0.1, 0.15) is 29.6 Å². The lowest BCUT2D eigenvalue weighted by atomic mass is 10.1. The summed E-state index contributed by atoms with van der Waals surface area (Å²) in [6.07, 6.45) is 3.64. The minimum atomic E-state index is 0.0286. The van der Waals surface area contributed by atoms with Crippen molar-refractivity contribution >= 4 is 23.2 Å². The molecule has 5 heteroatoms. The number of rotatable bonds is 2. The topological polar surface area (TPSA) is 49.6 Å². The van der Waals surface area contributed by atoms with Gasteiger partial charge < -0.3 is 10.6 Å². The molecule has 108 valence electrons. The van der Waals surface area contributed by atoms with Gasteiger partial charge in [-0.05, 0) is 50.6 Å². The zero-order valence-corrected chi connectivity index (χ0v) is 12.3. The number of likely N-dealkylation sites (tertiary alicyclic amines) is 2. The molecule has 4 nitrogen and oxygen atoms in total. The molecule has 2 aliphatic heterocycles. The Hall–Kier alpha value is -1.26. The van der Waals surface area contributed by atoms with E-state index < -0.39 is 0 Å². The number of benzene rings is 1. The largest absolute Gasteiger partial charge is 0.398 e. The zero-order valence-electron chi connectivity index (χ0n) is 11.5. The predicted octanol–water partition coefficient (Wildman–Crippen LogP) is 2.23. The summed E-state index contributed by atoms with van der Waals surface area (Å²) in [6.45, 7) is 3.99. The van der Waals surface area contributed by atoms with Crippen molar-refractivity contribution in [2.24, 2.45) is 0 Å². The van der Waals surface area contributed by atoms with Crippen LogP contribution in [0.2, 0.25) is 5.02 Å². The van der Waals surface area contributed by atoms with Crippen LogP contribution >= 0.6 is 11.6 Å². The predicted molar refractivity (Wildman–Crippen MR) is 81.0 cm³/mol. The van der Waals surface area contributed by atoms with Gasteiger partial charge in [0, 0.05) is 29.8 Å². The molecule has 2 saturated heterocycles. The first kappa shape index (κ1) is 13.7. The smallest absolute Gasteiger partial charge is 0.255 e. The first-order valence-corrected chi connectivity index (χ1v) is 7.61. The molecule has 1 amide bonds. The van der Waals surface area contributed by atoms with E-state index in [0.717, 1.165) is 19.5 Å². The fraction of sp³-hybridized carbons (Fsp3) is 0.533. The Bertz CT molecular complexity index is 514. The third-order valence-electron chi connectivity index (χ3n) is 4.35. The number of nitrogens with two attached hydrogens (primary N) is 1. The molecule has 1 aromatic carbocycles. The number of carbonyl (C=O) groups is 1. The van der Waals surface area contributed by atoms with Crippen LogP contribution in [-0.2, 0) is 0 Å². The second-order valence-corrected chi connectivity index (χ2v) is 6.10. The summed E-state index contributed by atoms with van der Waals surface area (Å²) in [6, 6.07) is 5.61. The molecule has 1 aromatic rings. The molecular formula is C15H20ClN3O. The average molecular weight is 294 g/mol. The highest BCUT2D eigenvalue weighted by Crippen LogP contribution is 2.24. The van der Waals surface area contributed by atoms with E-state index in [2.05, 4.69) is 4.90 Å². The quantitative estimate of drug-likeness (QED) is 0.851. The Morgan fingerprint density at radius 2 is 2.00 bits per heavy atom. The summed E-state index contributed by atoms with van der Waals surface area (Å²) < 4.78 is 0. The Morgan fingerprint density at radius 3 is 2.70 bits per heavy atom. The number of amides is 1. The molecule has 2 N–H and O–H groups in total. The molecule has 1 unspecified atom stereocenters. The Labute approximate surface area is 124 Å². The van der Waals surface area contributed by atoms with Crippen molar-refractivity contribution in [3.63, 3.8) is 0 Å². The van der Waals surface area contributed by atoms with Crippen molar-refractivity contribution in [2.75, 3.05) is 31.9 Å². The van der Waals surface area contributed by atoms with E-state index in [9.17, 15) is 4.79 Å². The first-order valence-electron chi connectivity index (χ1n) is 7.23. The first-order chi connectivity index (χ1) is 9.65. The lowest BCUT2D eigenvalue weighted by Gasteiger charge is -2.23. The van der Waals surface area contributed by atoms with Crippen molar-refractivity contribution in [1.82, 2.24) is 9.80 Å². The van der Waals surface area contributed by atoms with Gasteiger partial charge in [-0.15, -0.1) is 0 Å². The van der Waals surface area contributed by atoms with Gasteiger partial charge in [-0.1, -0.05) is 11.6 Å². The van der Waals surface area contributed by atoms with Gasteiger partial charge in [0.2, 0.25) is 0 Å². The van der Waals surface area contributed by atoms with E-state index in [4.69, 9.17) is 17.3 Å². The molecule has 2 aliphatic rings. The highest BCUT2D eigenvalue weighted by molar-refractivity contribution is 6.31. The molecule has 1 atom stereocenters. The fourth-order valence-electron chi connectivity index (χ4n) is 3.23. The minimum Gasteiger partial charge on any atom is -0.398 e. The van der Waals surface area contributed by atoms with Crippen LogP contribution in [0.25, 0.3) is 0 Å². The molecule has 20 heavy (non-hydrogen) atoms. The van der Waals surface area contributed by atoms with E-state index in [1.807, 2.05) is 4.90 Å². The van der Waals surface area contributed by atoms with Crippen molar-refractivity contribution in [3.05, 3.63) is 28.8 Å². The molecule has 0 aromatic heterocycles. The van der Waals surface area contributed by atoms with Crippen LogP contribution in [0.4, 0.5) is 5.69 Å². The van der Waals surface area contributed by atoms with Gasteiger partial charge in [0.05, 0.1) is 5.56 Å². The van der Waals surface area contributed by atoms with Gasteiger partial charge in [-0.2, -0.15) is 0 Å². The van der Waals surface area contributed by atoms with E-state index in [0.29, 0.717) is 22.3 Å². The maximum absolute atomic E-state index is 12.5. The molecule has 2 heterocycles. The number of nitrogen functional groups attached to an aromatic ring is 1. The maximum Gasteiger partial charge on any atom is 0.255 e. The average Bonchev–Trinajstić information content (AvgIpc) is 3.09. The summed E-state index contributed by atoms with van der Waals surface area (Å²) in [5.41, 5.74) is 6.94. The van der Waals surface area contributed by atoms with Gasteiger partial charge in [0.1, 0.15) is 0 Å². The lowest BCUT2D eigenvalue weighted by molar-refractivity contribution is 0.0781. The van der Waals surface area contributed by atoms with E-state index in [1.165, 1.54) is 25.9 Å². The monoisotopic (exact) mass is 293 g/mol. The van der Waals surface area contributed by atoms with Gasteiger partial charge in [-0.25, -0.2) is 0 Å². The Balaban J connectivity index is 1.69. The van der Waals surface area contributed by atoms with Gasteiger partial charge in [0.15, 0.2) is 0 Å². The summed E-state index contributed by atoms with van der Waals surface area (Å²) in [5, 5.41) is 0.565. The fourth-order valence-corrected chi connectivity index (χ4v) is 3.41. The van der Waals surface area contributed by atoms with Crippen LogP contribution in [0.5, 0.6) is 0 Å². The van der Waals surface area contributed by atoms with Crippen molar-refractivity contribution in [1.29, 1.82) is 0 Å². The number of carbonyl (C=O) groups excluding carboxylic acids is 1. The van der Waals surface area contributed by atoms with Crippen LogP contribution in [0.15, 0.2) is 18.2 Å². The highest BCUT2D eigenvalue weighted by Gasteiger charge is 2.32.